The smallest absolute Gasteiger partial charge is 0.472 e. The summed E-state index contributed by atoms with van der Waals surface area (Å²) in [5, 5.41) is 0. The van der Waals surface area contributed by atoms with Gasteiger partial charge in [0.25, 0.3) is 0 Å². The summed E-state index contributed by atoms with van der Waals surface area (Å²) in [7, 11) is -0.225. The molecule has 8 heteroatoms. The van der Waals surface area contributed by atoms with Crippen LogP contribution < -0.4 is 4.74 Å². The second-order valence-electron chi connectivity index (χ2n) is 11.7. The number of ether oxygens (including phenoxy) is 1. The van der Waals surface area contributed by atoms with Crippen LogP contribution in [0.3, 0.4) is 0 Å². The summed E-state index contributed by atoms with van der Waals surface area (Å²) in [6.07, 6.45) is 16.2. The van der Waals surface area contributed by atoms with Crippen molar-refractivity contribution in [1.29, 1.82) is 0 Å². The quantitative estimate of drug-likeness (QED) is 0.0801. The van der Waals surface area contributed by atoms with Crippen LogP contribution in [0.1, 0.15) is 123 Å². The molecule has 0 radical (unpaired) electrons. The standard InChI is InChI=1S/C33H60NO6P/c1-6-9-10-11-12-13-14-15-16-17-25-38-33-22-20-29(21-23-33)26-30(27-31(35)7-2)28-39-41(36,37)40-32(8-3)19-18-24-34(4)5/h20-23,30,32H,6-19,24-28H2,1-5H3,(H,36,37). The fraction of sp³-hybridized carbons (Fsp3) is 0.788. The molecule has 1 aromatic rings. The van der Waals surface area contributed by atoms with Crippen molar-refractivity contribution in [3.05, 3.63) is 29.8 Å². The molecule has 0 fully saturated rings. The number of Topliss-reactive ketones (excluding diaryl/α,β-unsaturated/α-hetero) is 1. The van der Waals surface area contributed by atoms with Gasteiger partial charge in [-0.25, -0.2) is 4.57 Å². The highest BCUT2D eigenvalue weighted by Gasteiger charge is 2.28. The van der Waals surface area contributed by atoms with Crippen molar-refractivity contribution in [3.63, 3.8) is 0 Å². The van der Waals surface area contributed by atoms with Crippen LogP contribution in [0.5, 0.6) is 5.75 Å². The normalized spacial score (nSPS) is 14.6. The van der Waals surface area contributed by atoms with Crippen LogP contribution in [-0.2, 0) is 24.8 Å². The third-order valence-electron chi connectivity index (χ3n) is 7.47. The van der Waals surface area contributed by atoms with Gasteiger partial charge in [-0.3, -0.25) is 13.8 Å². The average Bonchev–Trinajstić information content (AvgIpc) is 2.94. The first-order valence-corrected chi connectivity index (χ1v) is 17.7. The van der Waals surface area contributed by atoms with Crippen LogP contribution in [0.4, 0.5) is 0 Å². The first kappa shape index (κ1) is 37.8. The molecule has 0 aliphatic heterocycles. The zero-order valence-corrected chi connectivity index (χ0v) is 27.7. The molecule has 1 rings (SSSR count). The first-order valence-electron chi connectivity index (χ1n) is 16.2. The molecule has 0 aliphatic carbocycles. The minimum Gasteiger partial charge on any atom is -0.494 e. The van der Waals surface area contributed by atoms with Gasteiger partial charge in [0.05, 0.1) is 19.3 Å². The van der Waals surface area contributed by atoms with Gasteiger partial charge in [0.2, 0.25) is 0 Å². The second kappa shape index (κ2) is 23.2. The van der Waals surface area contributed by atoms with E-state index in [0.717, 1.165) is 37.3 Å². The largest absolute Gasteiger partial charge is 0.494 e. The van der Waals surface area contributed by atoms with Gasteiger partial charge < -0.3 is 14.5 Å². The van der Waals surface area contributed by atoms with Gasteiger partial charge in [-0.1, -0.05) is 90.7 Å². The van der Waals surface area contributed by atoms with Gasteiger partial charge in [0.15, 0.2) is 0 Å². The molecular formula is C33H60NO6P. The predicted octanol–water partition coefficient (Wildman–Crippen LogP) is 8.77. The topological polar surface area (TPSA) is 85.3 Å². The minimum atomic E-state index is -4.22. The number of carbonyl (C=O) groups excluding carboxylic acids is 1. The zero-order chi connectivity index (χ0) is 30.3. The summed E-state index contributed by atoms with van der Waals surface area (Å²) in [6, 6.07) is 7.93. The number of phosphoric ester groups is 1. The molecule has 0 aliphatic rings. The Labute approximate surface area is 251 Å². The van der Waals surface area contributed by atoms with Crippen LogP contribution in [0.25, 0.3) is 0 Å². The lowest BCUT2D eigenvalue weighted by Gasteiger charge is -2.22. The van der Waals surface area contributed by atoms with Gasteiger partial charge in [-0.05, 0) is 76.4 Å². The van der Waals surface area contributed by atoms with Gasteiger partial charge in [0.1, 0.15) is 11.5 Å². The van der Waals surface area contributed by atoms with Gasteiger partial charge in [-0.2, -0.15) is 0 Å². The third-order valence-corrected chi connectivity index (χ3v) is 8.51. The number of benzene rings is 1. The van der Waals surface area contributed by atoms with Crippen LogP contribution in [0, 0.1) is 5.92 Å². The molecule has 3 unspecified atom stereocenters. The Morgan fingerprint density at radius 3 is 2.07 bits per heavy atom. The van der Waals surface area contributed by atoms with Gasteiger partial charge >= 0.3 is 7.82 Å². The van der Waals surface area contributed by atoms with Crippen molar-refractivity contribution in [1.82, 2.24) is 4.90 Å². The number of hydrogen-bond donors (Lipinski definition) is 1. The molecular weight excluding hydrogens is 537 g/mol. The summed E-state index contributed by atoms with van der Waals surface area (Å²) < 4.78 is 29.5. The Hall–Kier alpha value is -1.24. The van der Waals surface area contributed by atoms with E-state index in [4.69, 9.17) is 13.8 Å². The lowest BCUT2D eigenvalue weighted by molar-refractivity contribution is -0.120. The number of carbonyl (C=O) groups is 1. The molecule has 238 valence electrons. The third kappa shape index (κ3) is 20.3. The predicted molar refractivity (Wildman–Crippen MR) is 170 cm³/mol. The van der Waals surface area contributed by atoms with Crippen molar-refractivity contribution in [2.45, 2.75) is 130 Å². The number of hydrogen-bond acceptors (Lipinski definition) is 6. The number of phosphoric acid groups is 1. The van der Waals surface area contributed by atoms with Crippen molar-refractivity contribution >= 4 is 13.6 Å². The highest BCUT2D eigenvalue weighted by atomic mass is 31.2. The zero-order valence-electron chi connectivity index (χ0n) is 26.8. The van der Waals surface area contributed by atoms with E-state index in [2.05, 4.69) is 11.8 Å². The first-order chi connectivity index (χ1) is 19.7. The van der Waals surface area contributed by atoms with Crippen LogP contribution in [-0.4, -0.2) is 55.5 Å². The Bertz CT molecular complexity index is 832. The number of ketones is 1. The second-order valence-corrected chi connectivity index (χ2v) is 13.1. The number of unbranched alkanes of at least 4 members (excludes halogenated alkanes) is 9. The average molecular weight is 598 g/mol. The molecule has 0 saturated carbocycles. The Morgan fingerprint density at radius 1 is 0.902 bits per heavy atom. The number of nitrogens with zero attached hydrogens (tertiary/aromatic N) is 1. The summed E-state index contributed by atoms with van der Waals surface area (Å²) in [6.45, 7) is 7.63. The molecule has 0 heterocycles. The van der Waals surface area contributed by atoms with E-state index in [1.54, 1.807) is 0 Å². The van der Waals surface area contributed by atoms with E-state index < -0.39 is 7.82 Å². The van der Waals surface area contributed by atoms with Crippen molar-refractivity contribution in [2.24, 2.45) is 5.92 Å². The van der Waals surface area contributed by atoms with Gasteiger partial charge in [-0.15, -0.1) is 0 Å². The summed E-state index contributed by atoms with van der Waals surface area (Å²) in [5.41, 5.74) is 1.04. The van der Waals surface area contributed by atoms with Crippen molar-refractivity contribution in [3.8, 4) is 5.75 Å². The van der Waals surface area contributed by atoms with Crippen molar-refractivity contribution < 1.29 is 28.0 Å². The fourth-order valence-corrected chi connectivity index (χ4v) is 5.97. The molecule has 41 heavy (non-hydrogen) atoms. The monoisotopic (exact) mass is 597 g/mol. The van der Waals surface area contributed by atoms with Gasteiger partial charge in [0, 0.05) is 12.8 Å². The molecule has 1 N–H and O–H groups in total. The van der Waals surface area contributed by atoms with E-state index in [9.17, 15) is 14.3 Å². The van der Waals surface area contributed by atoms with E-state index in [1.807, 2.05) is 52.2 Å². The Morgan fingerprint density at radius 2 is 1.51 bits per heavy atom. The fourth-order valence-electron chi connectivity index (χ4n) is 4.88. The molecule has 3 atom stereocenters. The molecule has 0 amide bonds. The van der Waals surface area contributed by atoms with Crippen LogP contribution >= 0.6 is 7.82 Å². The van der Waals surface area contributed by atoms with E-state index in [1.165, 1.54) is 57.8 Å². The summed E-state index contributed by atoms with van der Waals surface area (Å²) in [5.74, 6) is 0.743. The lowest BCUT2D eigenvalue weighted by Crippen LogP contribution is -2.19. The molecule has 0 spiro atoms. The van der Waals surface area contributed by atoms with Crippen molar-refractivity contribution in [2.75, 3.05) is 33.9 Å². The molecule has 0 bridgehead atoms. The maximum atomic E-state index is 12.7. The molecule has 0 saturated heterocycles. The van der Waals surface area contributed by atoms with E-state index >= 15 is 0 Å². The number of rotatable bonds is 27. The molecule has 0 aromatic heterocycles. The SMILES string of the molecule is CCCCCCCCCCCCOc1ccc(CC(COP(=O)(O)OC(CC)CCCN(C)C)CC(=O)CC)cc1. The Kier molecular flexibility index (Phi) is 21.4. The minimum absolute atomic E-state index is 0.00928. The van der Waals surface area contributed by atoms with Crippen LogP contribution in [0.15, 0.2) is 24.3 Å². The highest BCUT2D eigenvalue weighted by molar-refractivity contribution is 7.47. The maximum Gasteiger partial charge on any atom is 0.472 e. The molecule has 7 nitrogen and oxygen atoms in total. The van der Waals surface area contributed by atoms with E-state index in [-0.39, 0.29) is 24.4 Å². The summed E-state index contributed by atoms with van der Waals surface area (Å²) >= 11 is 0. The maximum absolute atomic E-state index is 12.7. The lowest BCUT2D eigenvalue weighted by atomic mass is 9.94. The van der Waals surface area contributed by atoms with Crippen LogP contribution in [0.2, 0.25) is 0 Å². The highest BCUT2D eigenvalue weighted by Crippen LogP contribution is 2.46. The Balaban J connectivity index is 2.46. The molecule has 1 aromatic carbocycles. The summed E-state index contributed by atoms with van der Waals surface area (Å²) in [4.78, 5) is 24.7. The van der Waals surface area contributed by atoms with E-state index in [0.29, 0.717) is 32.1 Å².